The first-order valence-corrected chi connectivity index (χ1v) is 8.98. The largest absolute Gasteiger partial charge is 0.497 e. The van der Waals surface area contributed by atoms with E-state index in [9.17, 15) is 14.4 Å². The number of benzene rings is 2. The molecule has 0 spiro atoms. The summed E-state index contributed by atoms with van der Waals surface area (Å²) < 4.78 is 5.20. The van der Waals surface area contributed by atoms with E-state index in [1.165, 1.54) is 4.90 Å². The molecule has 6 nitrogen and oxygen atoms in total. The third kappa shape index (κ3) is 3.18. The van der Waals surface area contributed by atoms with Gasteiger partial charge in [-0.2, -0.15) is 0 Å². The van der Waals surface area contributed by atoms with Crippen LogP contribution in [0.1, 0.15) is 29.6 Å². The number of methoxy groups -OCH3 is 1. The van der Waals surface area contributed by atoms with Crippen molar-refractivity contribution < 1.29 is 19.1 Å². The molecule has 0 radical (unpaired) electrons. The van der Waals surface area contributed by atoms with Crippen LogP contribution in [0.2, 0.25) is 0 Å². The Labute approximate surface area is 157 Å². The number of carbonyl (C=O) groups is 3. The number of para-hydroxylation sites is 1. The van der Waals surface area contributed by atoms with E-state index < -0.39 is 6.04 Å². The minimum absolute atomic E-state index is 0.00109. The number of rotatable bonds is 5. The Balaban J connectivity index is 1.64. The highest BCUT2D eigenvalue weighted by molar-refractivity contribution is 6.23. The maximum atomic E-state index is 13.2. The normalized spacial score (nSPS) is 19.3. The summed E-state index contributed by atoms with van der Waals surface area (Å²) in [7, 11) is 1.54. The average Bonchev–Trinajstić information content (AvgIpc) is 3.48. The van der Waals surface area contributed by atoms with Crippen molar-refractivity contribution in [1.82, 2.24) is 4.90 Å². The molecule has 2 aliphatic rings. The van der Waals surface area contributed by atoms with Crippen molar-refractivity contribution in [3.63, 3.8) is 0 Å². The zero-order valence-electron chi connectivity index (χ0n) is 15.0. The third-order valence-electron chi connectivity index (χ3n) is 4.96. The second-order valence-corrected chi connectivity index (χ2v) is 6.80. The first-order chi connectivity index (χ1) is 13.1. The first kappa shape index (κ1) is 17.3. The van der Waals surface area contributed by atoms with Gasteiger partial charge in [-0.05, 0) is 43.2 Å². The van der Waals surface area contributed by atoms with Gasteiger partial charge in [-0.25, -0.2) is 4.90 Å². The number of anilines is 1. The summed E-state index contributed by atoms with van der Waals surface area (Å²) in [6, 6.07) is 15.0. The smallest absolute Gasteiger partial charge is 0.257 e. The molecule has 138 valence electrons. The van der Waals surface area contributed by atoms with Crippen LogP contribution >= 0.6 is 0 Å². The van der Waals surface area contributed by atoms with Gasteiger partial charge in [0.05, 0.1) is 19.2 Å². The summed E-state index contributed by atoms with van der Waals surface area (Å²) in [5.74, 6) is -0.275. The summed E-state index contributed by atoms with van der Waals surface area (Å²) in [4.78, 5) is 41.5. The highest BCUT2D eigenvalue weighted by atomic mass is 16.5. The van der Waals surface area contributed by atoms with E-state index in [0.717, 1.165) is 12.8 Å². The SMILES string of the molecule is COc1cccc(C(=O)N(C2CC2)C2CC(=O)N(c3ccccc3)C2=O)c1. The third-order valence-corrected chi connectivity index (χ3v) is 4.96. The predicted octanol–water partition coefficient (Wildman–Crippen LogP) is 2.63. The molecule has 0 aromatic heterocycles. The lowest BCUT2D eigenvalue weighted by Crippen LogP contribution is -2.46. The maximum Gasteiger partial charge on any atom is 0.257 e. The molecule has 6 heteroatoms. The Morgan fingerprint density at radius 3 is 2.48 bits per heavy atom. The molecule has 2 aromatic carbocycles. The van der Waals surface area contributed by atoms with Crippen LogP contribution in [0.15, 0.2) is 54.6 Å². The molecule has 1 aliphatic heterocycles. The maximum absolute atomic E-state index is 13.2. The average molecular weight is 364 g/mol. The lowest BCUT2D eigenvalue weighted by Gasteiger charge is -2.27. The van der Waals surface area contributed by atoms with Gasteiger partial charge in [0.1, 0.15) is 11.8 Å². The van der Waals surface area contributed by atoms with Gasteiger partial charge >= 0.3 is 0 Å². The van der Waals surface area contributed by atoms with Crippen molar-refractivity contribution in [2.24, 2.45) is 0 Å². The fraction of sp³-hybridized carbons (Fsp3) is 0.286. The lowest BCUT2D eigenvalue weighted by atomic mass is 10.1. The molecule has 4 rings (SSSR count). The molecule has 0 bridgehead atoms. The van der Waals surface area contributed by atoms with Gasteiger partial charge in [-0.1, -0.05) is 24.3 Å². The summed E-state index contributed by atoms with van der Waals surface area (Å²) in [6.07, 6.45) is 1.71. The van der Waals surface area contributed by atoms with Crippen LogP contribution in [0.4, 0.5) is 5.69 Å². The molecule has 2 fully saturated rings. The Morgan fingerprint density at radius 2 is 1.81 bits per heavy atom. The number of hydrogen-bond donors (Lipinski definition) is 0. The van der Waals surface area contributed by atoms with Gasteiger partial charge in [0.15, 0.2) is 0 Å². The second-order valence-electron chi connectivity index (χ2n) is 6.80. The van der Waals surface area contributed by atoms with Crippen molar-refractivity contribution in [1.29, 1.82) is 0 Å². The van der Waals surface area contributed by atoms with Crippen LogP contribution in [0.25, 0.3) is 0 Å². The molecule has 1 atom stereocenters. The van der Waals surface area contributed by atoms with Gasteiger partial charge in [0, 0.05) is 11.6 Å². The van der Waals surface area contributed by atoms with Crippen LogP contribution in [0.3, 0.4) is 0 Å². The van der Waals surface area contributed by atoms with E-state index in [1.807, 2.05) is 6.07 Å². The molecule has 1 saturated carbocycles. The number of carbonyl (C=O) groups excluding carboxylic acids is 3. The quantitative estimate of drug-likeness (QED) is 0.765. The van der Waals surface area contributed by atoms with Gasteiger partial charge in [0.25, 0.3) is 11.8 Å². The number of hydrogen-bond acceptors (Lipinski definition) is 4. The summed E-state index contributed by atoms with van der Waals surface area (Å²) in [5, 5.41) is 0. The van der Waals surface area contributed by atoms with Crippen molar-refractivity contribution >= 4 is 23.4 Å². The molecule has 1 aliphatic carbocycles. The van der Waals surface area contributed by atoms with Gasteiger partial charge in [-0.3, -0.25) is 14.4 Å². The van der Waals surface area contributed by atoms with Gasteiger partial charge < -0.3 is 9.64 Å². The summed E-state index contributed by atoms with van der Waals surface area (Å²) in [5.41, 5.74) is 0.999. The first-order valence-electron chi connectivity index (χ1n) is 8.98. The number of amides is 3. The van der Waals surface area contributed by atoms with Crippen LogP contribution in [0.5, 0.6) is 5.75 Å². The fourth-order valence-corrected chi connectivity index (χ4v) is 3.50. The van der Waals surface area contributed by atoms with Crippen LogP contribution < -0.4 is 9.64 Å². The number of nitrogens with zero attached hydrogens (tertiary/aromatic N) is 2. The molecular formula is C21H20N2O4. The van der Waals surface area contributed by atoms with E-state index in [1.54, 1.807) is 60.5 Å². The Morgan fingerprint density at radius 1 is 1.07 bits per heavy atom. The summed E-state index contributed by atoms with van der Waals surface area (Å²) in [6.45, 7) is 0. The van der Waals surface area contributed by atoms with E-state index in [0.29, 0.717) is 17.0 Å². The molecule has 27 heavy (non-hydrogen) atoms. The predicted molar refractivity (Wildman–Crippen MR) is 99.5 cm³/mol. The summed E-state index contributed by atoms with van der Waals surface area (Å²) >= 11 is 0. The Kier molecular flexibility index (Phi) is 4.39. The zero-order valence-corrected chi connectivity index (χ0v) is 15.0. The second kappa shape index (κ2) is 6.87. The van der Waals surface area contributed by atoms with Crippen molar-refractivity contribution in [2.75, 3.05) is 12.0 Å². The monoisotopic (exact) mass is 364 g/mol. The topological polar surface area (TPSA) is 66.9 Å². The molecular weight excluding hydrogens is 344 g/mol. The highest BCUT2D eigenvalue weighted by Crippen LogP contribution is 2.35. The molecule has 1 unspecified atom stereocenters. The van der Waals surface area contributed by atoms with Gasteiger partial charge in [0.2, 0.25) is 5.91 Å². The zero-order chi connectivity index (χ0) is 19.0. The van der Waals surface area contributed by atoms with E-state index >= 15 is 0 Å². The van der Waals surface area contributed by atoms with Crippen molar-refractivity contribution in [3.05, 3.63) is 60.2 Å². The molecule has 1 saturated heterocycles. The fourth-order valence-electron chi connectivity index (χ4n) is 3.50. The van der Waals surface area contributed by atoms with Crippen LogP contribution in [-0.2, 0) is 9.59 Å². The number of imide groups is 1. The van der Waals surface area contributed by atoms with E-state index in [-0.39, 0.29) is 30.2 Å². The lowest BCUT2D eigenvalue weighted by molar-refractivity contribution is -0.122. The highest BCUT2D eigenvalue weighted by Gasteiger charge is 2.48. The Hall–Kier alpha value is -3.15. The minimum atomic E-state index is -0.760. The molecule has 2 aromatic rings. The van der Waals surface area contributed by atoms with Gasteiger partial charge in [-0.15, -0.1) is 0 Å². The Bertz CT molecular complexity index is 892. The molecule has 1 heterocycles. The van der Waals surface area contributed by atoms with Crippen LogP contribution in [-0.4, -0.2) is 41.8 Å². The minimum Gasteiger partial charge on any atom is -0.497 e. The molecule has 3 amide bonds. The van der Waals surface area contributed by atoms with E-state index in [2.05, 4.69) is 0 Å². The van der Waals surface area contributed by atoms with E-state index in [4.69, 9.17) is 4.74 Å². The van der Waals surface area contributed by atoms with Crippen molar-refractivity contribution in [3.8, 4) is 5.75 Å². The standard InChI is InChI=1S/C21H20N2O4/c1-27-17-9-5-6-14(12-17)20(25)22(16-10-11-16)18-13-19(24)23(21(18)26)15-7-3-2-4-8-15/h2-9,12,16,18H,10-11,13H2,1H3. The molecule has 0 N–H and O–H groups in total. The number of ether oxygens (including phenoxy) is 1. The van der Waals surface area contributed by atoms with Crippen LogP contribution in [0, 0.1) is 0 Å². The van der Waals surface area contributed by atoms with Crippen molar-refractivity contribution in [2.45, 2.75) is 31.3 Å².